The maximum Gasteiger partial charge on any atom is 0.320 e. The molecule has 1 rings (SSSR count). The fraction of sp³-hybridized carbons (Fsp3) is 0.800. The third-order valence-electron chi connectivity index (χ3n) is 2.58. The molecule has 1 heterocycles. The van der Waals surface area contributed by atoms with Crippen LogP contribution in [0, 0.1) is 0 Å². The normalized spacial score (nSPS) is 22.3. The summed E-state index contributed by atoms with van der Waals surface area (Å²) in [6.07, 6.45) is 2.74. The monoisotopic (exact) mass is 214 g/mol. The number of carbonyl (C=O) groups excluding carboxylic acids is 2. The number of rotatable bonds is 4. The van der Waals surface area contributed by atoms with E-state index in [4.69, 9.17) is 10.5 Å². The first-order valence-corrected chi connectivity index (χ1v) is 5.34. The van der Waals surface area contributed by atoms with Gasteiger partial charge >= 0.3 is 5.97 Å². The van der Waals surface area contributed by atoms with Crippen LogP contribution in [0.5, 0.6) is 0 Å². The highest BCUT2D eigenvalue weighted by atomic mass is 16.5. The number of nitrogens with two attached hydrogens (primary N) is 1. The summed E-state index contributed by atoms with van der Waals surface area (Å²) >= 11 is 0. The number of piperidine rings is 1. The second-order valence-corrected chi connectivity index (χ2v) is 3.69. The van der Waals surface area contributed by atoms with Crippen LogP contribution in [0.2, 0.25) is 0 Å². The zero-order valence-corrected chi connectivity index (χ0v) is 9.07. The number of likely N-dealkylation sites (tertiary alicyclic amines) is 1. The lowest BCUT2D eigenvalue weighted by atomic mass is 10.0. The first kappa shape index (κ1) is 12.0. The van der Waals surface area contributed by atoms with Gasteiger partial charge in [0.25, 0.3) is 0 Å². The predicted molar refractivity (Wildman–Crippen MR) is 55.0 cm³/mol. The highest BCUT2D eigenvalue weighted by Crippen LogP contribution is 2.16. The molecule has 0 aromatic carbocycles. The highest BCUT2D eigenvalue weighted by Gasteiger charge is 2.28. The number of amides is 1. The van der Waals surface area contributed by atoms with E-state index in [1.54, 1.807) is 6.92 Å². The minimum absolute atomic E-state index is 0.168. The Morgan fingerprint density at radius 1 is 1.47 bits per heavy atom. The first-order valence-electron chi connectivity index (χ1n) is 5.34. The van der Waals surface area contributed by atoms with E-state index in [1.165, 1.54) is 0 Å². The van der Waals surface area contributed by atoms with Crippen molar-refractivity contribution in [3.05, 3.63) is 0 Å². The van der Waals surface area contributed by atoms with E-state index in [0.29, 0.717) is 6.61 Å². The largest absolute Gasteiger partial charge is 0.465 e. The van der Waals surface area contributed by atoms with Crippen LogP contribution in [0.3, 0.4) is 0 Å². The van der Waals surface area contributed by atoms with Crippen LogP contribution < -0.4 is 5.73 Å². The van der Waals surface area contributed by atoms with Gasteiger partial charge in [-0.1, -0.05) is 6.42 Å². The van der Waals surface area contributed by atoms with Gasteiger partial charge in [0.2, 0.25) is 5.91 Å². The molecule has 1 amide bonds. The Morgan fingerprint density at radius 2 is 2.20 bits per heavy atom. The molecule has 5 nitrogen and oxygen atoms in total. The number of carbonyl (C=O) groups is 2. The lowest BCUT2D eigenvalue weighted by molar-refractivity contribution is -0.146. The number of esters is 1. The molecule has 0 spiro atoms. The van der Waals surface area contributed by atoms with Crippen LogP contribution >= 0.6 is 0 Å². The molecule has 86 valence electrons. The van der Waals surface area contributed by atoms with E-state index in [2.05, 4.69) is 0 Å². The molecule has 1 unspecified atom stereocenters. The summed E-state index contributed by atoms with van der Waals surface area (Å²) < 4.78 is 4.84. The first-order chi connectivity index (χ1) is 7.15. The molecule has 0 saturated carbocycles. The van der Waals surface area contributed by atoms with Gasteiger partial charge in [0, 0.05) is 0 Å². The number of hydrogen-bond acceptors (Lipinski definition) is 4. The second kappa shape index (κ2) is 5.70. The smallest absolute Gasteiger partial charge is 0.320 e. The van der Waals surface area contributed by atoms with Crippen molar-refractivity contribution in [3.8, 4) is 0 Å². The van der Waals surface area contributed by atoms with Gasteiger partial charge in [-0.05, 0) is 26.3 Å². The summed E-state index contributed by atoms with van der Waals surface area (Å²) in [5.74, 6) is -0.635. The lowest BCUT2D eigenvalue weighted by Gasteiger charge is -2.32. The molecule has 1 fully saturated rings. The summed E-state index contributed by atoms with van der Waals surface area (Å²) in [6, 6.07) is -0.303. The second-order valence-electron chi connectivity index (χ2n) is 3.69. The molecule has 0 aromatic rings. The van der Waals surface area contributed by atoms with Crippen LogP contribution in [0.4, 0.5) is 0 Å². The third-order valence-corrected chi connectivity index (χ3v) is 2.58. The Bertz CT molecular complexity index is 243. The van der Waals surface area contributed by atoms with Crippen molar-refractivity contribution >= 4 is 11.9 Å². The highest BCUT2D eigenvalue weighted by molar-refractivity contribution is 5.81. The molecule has 2 N–H and O–H groups in total. The molecule has 0 aliphatic carbocycles. The molecular weight excluding hydrogens is 196 g/mol. The molecule has 1 atom stereocenters. The van der Waals surface area contributed by atoms with Crippen LogP contribution in [0.1, 0.15) is 26.2 Å². The van der Waals surface area contributed by atoms with Crippen molar-refractivity contribution in [2.45, 2.75) is 32.2 Å². The van der Waals surface area contributed by atoms with E-state index in [1.807, 2.05) is 4.90 Å². The summed E-state index contributed by atoms with van der Waals surface area (Å²) in [5.41, 5.74) is 5.27. The number of primary amides is 1. The van der Waals surface area contributed by atoms with E-state index < -0.39 is 0 Å². The lowest BCUT2D eigenvalue weighted by Crippen LogP contribution is -2.49. The zero-order chi connectivity index (χ0) is 11.3. The topological polar surface area (TPSA) is 72.6 Å². The molecule has 15 heavy (non-hydrogen) atoms. The van der Waals surface area contributed by atoms with Crippen LogP contribution in [0.25, 0.3) is 0 Å². The molecule has 0 bridgehead atoms. The van der Waals surface area contributed by atoms with Crippen molar-refractivity contribution < 1.29 is 14.3 Å². The molecule has 0 aromatic heterocycles. The standard InChI is InChI=1S/C10H18N2O3/c1-2-15-9(13)7-12-6-4-3-5-8(12)10(11)14/h8H,2-7H2,1H3,(H2,11,14). The minimum Gasteiger partial charge on any atom is -0.465 e. The Balaban J connectivity index is 2.49. The van der Waals surface area contributed by atoms with Crippen LogP contribution in [-0.2, 0) is 14.3 Å². The molecule has 1 aliphatic rings. The zero-order valence-electron chi connectivity index (χ0n) is 9.07. The summed E-state index contributed by atoms with van der Waals surface area (Å²) in [7, 11) is 0. The minimum atomic E-state index is -0.348. The summed E-state index contributed by atoms with van der Waals surface area (Å²) in [5, 5.41) is 0. The Kier molecular flexibility index (Phi) is 4.55. The SMILES string of the molecule is CCOC(=O)CN1CCCCC1C(N)=O. The third kappa shape index (κ3) is 3.51. The van der Waals surface area contributed by atoms with Crippen LogP contribution in [0.15, 0.2) is 0 Å². The Morgan fingerprint density at radius 3 is 2.80 bits per heavy atom. The average molecular weight is 214 g/mol. The van der Waals surface area contributed by atoms with Gasteiger partial charge in [0.15, 0.2) is 0 Å². The van der Waals surface area contributed by atoms with Gasteiger partial charge in [-0.3, -0.25) is 14.5 Å². The maximum atomic E-state index is 11.3. The quantitative estimate of drug-likeness (QED) is 0.663. The number of ether oxygens (including phenoxy) is 1. The van der Waals surface area contributed by atoms with Crippen molar-refractivity contribution in [2.75, 3.05) is 19.7 Å². The summed E-state index contributed by atoms with van der Waals surface area (Å²) in [6.45, 7) is 3.04. The average Bonchev–Trinajstić information content (AvgIpc) is 2.18. The predicted octanol–water partition coefficient (Wildman–Crippen LogP) is -0.111. The molecule has 1 saturated heterocycles. The van der Waals surface area contributed by atoms with Crippen molar-refractivity contribution in [1.82, 2.24) is 4.90 Å². The molecule has 5 heteroatoms. The number of hydrogen-bond donors (Lipinski definition) is 1. The summed E-state index contributed by atoms with van der Waals surface area (Å²) in [4.78, 5) is 24.2. The molecular formula is C10H18N2O3. The van der Waals surface area contributed by atoms with Gasteiger partial charge in [-0.25, -0.2) is 0 Å². The fourth-order valence-corrected chi connectivity index (χ4v) is 1.87. The fourth-order valence-electron chi connectivity index (χ4n) is 1.87. The van der Waals surface area contributed by atoms with Crippen molar-refractivity contribution in [3.63, 3.8) is 0 Å². The molecule has 1 aliphatic heterocycles. The van der Waals surface area contributed by atoms with E-state index >= 15 is 0 Å². The van der Waals surface area contributed by atoms with Gasteiger partial charge < -0.3 is 10.5 Å². The Hall–Kier alpha value is -1.10. The van der Waals surface area contributed by atoms with Gasteiger partial charge in [0.1, 0.15) is 0 Å². The van der Waals surface area contributed by atoms with Gasteiger partial charge in [-0.15, -0.1) is 0 Å². The maximum absolute atomic E-state index is 11.3. The van der Waals surface area contributed by atoms with Gasteiger partial charge in [-0.2, -0.15) is 0 Å². The van der Waals surface area contributed by atoms with Crippen molar-refractivity contribution in [2.24, 2.45) is 5.73 Å². The Labute approximate surface area is 89.6 Å². The van der Waals surface area contributed by atoms with Gasteiger partial charge in [0.05, 0.1) is 19.2 Å². The van der Waals surface area contributed by atoms with E-state index in [9.17, 15) is 9.59 Å². The number of nitrogens with zero attached hydrogens (tertiary/aromatic N) is 1. The molecule has 0 radical (unpaired) electrons. The van der Waals surface area contributed by atoms with E-state index in [0.717, 1.165) is 25.8 Å². The van der Waals surface area contributed by atoms with E-state index in [-0.39, 0.29) is 24.5 Å². The van der Waals surface area contributed by atoms with Crippen molar-refractivity contribution in [1.29, 1.82) is 0 Å². The van der Waals surface area contributed by atoms with Crippen LogP contribution in [-0.4, -0.2) is 42.5 Å².